The van der Waals surface area contributed by atoms with E-state index < -0.39 is 0 Å². The fourth-order valence-electron chi connectivity index (χ4n) is 0.669. The summed E-state index contributed by atoms with van der Waals surface area (Å²) in [6.07, 6.45) is 3.84. The monoisotopic (exact) mass is 168 g/mol. The van der Waals surface area contributed by atoms with Crippen molar-refractivity contribution in [1.29, 1.82) is 0 Å². The van der Waals surface area contributed by atoms with Gasteiger partial charge in [0.15, 0.2) is 0 Å². The number of ether oxygens (including phenoxy) is 2. The zero-order chi connectivity index (χ0) is 8.81. The van der Waals surface area contributed by atoms with E-state index in [1.807, 2.05) is 6.92 Å². The first kappa shape index (κ1) is 9.04. The molecule has 0 aromatic carbocycles. The van der Waals surface area contributed by atoms with Crippen LogP contribution in [0, 0.1) is 0 Å². The van der Waals surface area contributed by atoms with Crippen LogP contribution >= 0.6 is 0 Å². The minimum Gasteiger partial charge on any atom is -0.463 e. The lowest BCUT2D eigenvalue weighted by Gasteiger charge is -1.97. The van der Waals surface area contributed by atoms with E-state index in [2.05, 4.69) is 5.73 Å². The van der Waals surface area contributed by atoms with Crippen LogP contribution in [0.3, 0.4) is 0 Å². The maximum atomic E-state index is 10.9. The van der Waals surface area contributed by atoms with Gasteiger partial charge in [-0.15, -0.1) is 5.73 Å². The van der Waals surface area contributed by atoms with Crippen molar-refractivity contribution >= 4 is 5.97 Å². The lowest BCUT2D eigenvalue weighted by atomic mass is 10.4. The minimum atomic E-state index is -0.222. The highest BCUT2D eigenvalue weighted by molar-refractivity contribution is 5.71. The fraction of sp³-hybridized carbons (Fsp3) is 0.556. The summed E-state index contributed by atoms with van der Waals surface area (Å²) in [6, 6.07) is 0. The van der Waals surface area contributed by atoms with Gasteiger partial charge in [0.1, 0.15) is 12.7 Å². The van der Waals surface area contributed by atoms with Crippen molar-refractivity contribution in [1.82, 2.24) is 0 Å². The van der Waals surface area contributed by atoms with Crippen LogP contribution in [0.5, 0.6) is 0 Å². The summed E-state index contributed by atoms with van der Waals surface area (Å²) in [5.74, 6) is -0.222. The maximum absolute atomic E-state index is 10.9. The quantitative estimate of drug-likeness (QED) is 0.358. The molecule has 0 aromatic heterocycles. The molecule has 0 aromatic rings. The van der Waals surface area contributed by atoms with Crippen molar-refractivity contribution in [3.05, 3.63) is 17.9 Å². The first-order valence-electron chi connectivity index (χ1n) is 3.95. The molecule has 1 atom stereocenters. The van der Waals surface area contributed by atoms with Gasteiger partial charge in [0, 0.05) is 0 Å². The summed E-state index contributed by atoms with van der Waals surface area (Å²) in [6.45, 7) is 2.96. The van der Waals surface area contributed by atoms with Crippen LogP contribution < -0.4 is 0 Å². The van der Waals surface area contributed by atoms with Crippen molar-refractivity contribution in [3.63, 3.8) is 0 Å². The number of hydrogen-bond acceptors (Lipinski definition) is 3. The summed E-state index contributed by atoms with van der Waals surface area (Å²) in [4.78, 5) is 10.9. The predicted molar refractivity (Wildman–Crippen MR) is 43.6 cm³/mol. The summed E-state index contributed by atoms with van der Waals surface area (Å²) in [7, 11) is 0. The summed E-state index contributed by atoms with van der Waals surface area (Å²) in [5.41, 5.74) is 2.80. The Hall–Kier alpha value is -1.05. The van der Waals surface area contributed by atoms with E-state index in [9.17, 15) is 4.79 Å². The van der Waals surface area contributed by atoms with Crippen molar-refractivity contribution in [2.24, 2.45) is 0 Å². The molecule has 0 N–H and O–H groups in total. The largest absolute Gasteiger partial charge is 0.463 e. The Labute approximate surface area is 71.7 Å². The van der Waals surface area contributed by atoms with Gasteiger partial charge in [-0.1, -0.05) is 0 Å². The van der Waals surface area contributed by atoms with Crippen molar-refractivity contribution in [2.45, 2.75) is 19.4 Å². The van der Waals surface area contributed by atoms with Gasteiger partial charge in [-0.05, 0) is 19.1 Å². The number of carbonyl (C=O) groups is 1. The van der Waals surface area contributed by atoms with E-state index in [-0.39, 0.29) is 18.5 Å². The average molecular weight is 168 g/mol. The average Bonchev–Trinajstić information content (AvgIpc) is 2.84. The second kappa shape index (κ2) is 4.75. The van der Waals surface area contributed by atoms with Crippen LogP contribution in [-0.4, -0.2) is 25.3 Å². The normalized spacial score (nSPS) is 19.2. The molecule has 3 nitrogen and oxygen atoms in total. The van der Waals surface area contributed by atoms with Gasteiger partial charge < -0.3 is 9.47 Å². The Kier molecular flexibility index (Phi) is 3.58. The molecule has 3 heteroatoms. The molecule has 0 aliphatic carbocycles. The van der Waals surface area contributed by atoms with Gasteiger partial charge in [0.05, 0.1) is 13.0 Å². The third kappa shape index (κ3) is 3.96. The second-order valence-electron chi connectivity index (χ2n) is 2.50. The smallest absolute Gasteiger partial charge is 0.310 e. The standard InChI is InChI=1S/C9H12O3/c1-2-3-4-5-9(10)12-7-8-6-11-8/h2,4,8H,5-7H2,1H3. The number of esters is 1. The summed E-state index contributed by atoms with van der Waals surface area (Å²) >= 11 is 0. The topological polar surface area (TPSA) is 38.8 Å². The van der Waals surface area contributed by atoms with Gasteiger partial charge in [0.2, 0.25) is 0 Å². The first-order valence-corrected chi connectivity index (χ1v) is 3.95. The lowest BCUT2D eigenvalue weighted by Crippen LogP contribution is -2.08. The van der Waals surface area contributed by atoms with E-state index in [0.29, 0.717) is 6.61 Å². The van der Waals surface area contributed by atoms with Gasteiger partial charge in [-0.3, -0.25) is 4.79 Å². The van der Waals surface area contributed by atoms with Crippen LogP contribution in [0.2, 0.25) is 0 Å². The van der Waals surface area contributed by atoms with E-state index >= 15 is 0 Å². The molecule has 66 valence electrons. The van der Waals surface area contributed by atoms with E-state index in [0.717, 1.165) is 6.61 Å². The SMILES string of the molecule is CC=C=CCC(=O)OCC1CO1. The number of carbonyl (C=O) groups excluding carboxylic acids is 1. The highest BCUT2D eigenvalue weighted by Crippen LogP contribution is 2.08. The highest BCUT2D eigenvalue weighted by atomic mass is 16.6. The molecule has 1 unspecified atom stereocenters. The van der Waals surface area contributed by atoms with Crippen LogP contribution in [0.25, 0.3) is 0 Å². The zero-order valence-corrected chi connectivity index (χ0v) is 7.08. The second-order valence-corrected chi connectivity index (χ2v) is 2.50. The molecule has 0 amide bonds. The molecule has 0 spiro atoms. The molecule has 0 saturated carbocycles. The van der Waals surface area contributed by atoms with Crippen LogP contribution in [0.15, 0.2) is 17.9 Å². The minimum absolute atomic E-state index is 0.152. The Balaban J connectivity index is 2.06. The summed E-state index contributed by atoms with van der Waals surface area (Å²) < 4.78 is 9.74. The van der Waals surface area contributed by atoms with E-state index in [1.165, 1.54) is 0 Å². The van der Waals surface area contributed by atoms with Gasteiger partial charge >= 0.3 is 5.97 Å². The van der Waals surface area contributed by atoms with Crippen LogP contribution in [-0.2, 0) is 14.3 Å². The molecule has 1 heterocycles. The third-order valence-corrected chi connectivity index (χ3v) is 1.39. The van der Waals surface area contributed by atoms with Gasteiger partial charge in [-0.2, -0.15) is 0 Å². The van der Waals surface area contributed by atoms with Crippen molar-refractivity contribution in [3.8, 4) is 0 Å². The Morgan fingerprint density at radius 3 is 3.17 bits per heavy atom. The fourth-order valence-corrected chi connectivity index (χ4v) is 0.669. The lowest BCUT2D eigenvalue weighted by molar-refractivity contribution is -0.143. The molecular weight excluding hydrogens is 156 g/mol. The summed E-state index contributed by atoms with van der Waals surface area (Å²) in [5, 5.41) is 0. The molecule has 0 bridgehead atoms. The number of epoxide rings is 1. The van der Waals surface area contributed by atoms with E-state index in [4.69, 9.17) is 9.47 Å². The maximum Gasteiger partial charge on any atom is 0.310 e. The van der Waals surface area contributed by atoms with Crippen LogP contribution in [0.1, 0.15) is 13.3 Å². The molecular formula is C9H12O3. The first-order chi connectivity index (χ1) is 5.83. The Morgan fingerprint density at radius 1 is 1.83 bits per heavy atom. The highest BCUT2D eigenvalue weighted by Gasteiger charge is 2.23. The van der Waals surface area contributed by atoms with Crippen molar-refractivity contribution < 1.29 is 14.3 Å². The van der Waals surface area contributed by atoms with Crippen molar-refractivity contribution in [2.75, 3.05) is 13.2 Å². The predicted octanol–water partition coefficient (Wildman–Crippen LogP) is 1.05. The molecule has 1 aliphatic rings. The van der Waals surface area contributed by atoms with Gasteiger partial charge in [0.25, 0.3) is 0 Å². The molecule has 1 rings (SSSR count). The number of hydrogen-bond donors (Lipinski definition) is 0. The van der Waals surface area contributed by atoms with Gasteiger partial charge in [-0.25, -0.2) is 0 Å². The molecule has 1 aliphatic heterocycles. The molecule has 0 radical (unpaired) electrons. The zero-order valence-electron chi connectivity index (χ0n) is 7.08. The Bertz CT molecular complexity index is 210. The Morgan fingerprint density at radius 2 is 2.58 bits per heavy atom. The van der Waals surface area contributed by atoms with Crippen LogP contribution in [0.4, 0.5) is 0 Å². The third-order valence-electron chi connectivity index (χ3n) is 1.39. The molecule has 1 fully saturated rings. The molecule has 1 saturated heterocycles. The molecule has 12 heavy (non-hydrogen) atoms. The number of rotatable bonds is 4. The van der Waals surface area contributed by atoms with E-state index in [1.54, 1.807) is 12.2 Å².